The number of nitrogens with zero attached hydrogens (tertiary/aromatic N) is 3. The second-order valence-electron chi connectivity index (χ2n) is 3.00. The lowest BCUT2D eigenvalue weighted by molar-refractivity contribution is 0.411. The quantitative estimate of drug-likeness (QED) is 0.933. The van der Waals surface area contributed by atoms with Crippen LogP contribution in [0.2, 0.25) is 0 Å². The fourth-order valence-electron chi connectivity index (χ4n) is 1.21. The van der Waals surface area contributed by atoms with Gasteiger partial charge in [0.05, 0.1) is 17.8 Å². The number of nitrogens with one attached hydrogen (secondary N) is 1. The van der Waals surface area contributed by atoms with Crippen LogP contribution in [0, 0.1) is 11.3 Å². The van der Waals surface area contributed by atoms with Gasteiger partial charge in [0, 0.05) is 4.47 Å². The highest BCUT2D eigenvalue weighted by atomic mass is 79.9. The number of aromatic nitrogens is 2. The lowest BCUT2D eigenvalue weighted by atomic mass is 10.2. The van der Waals surface area contributed by atoms with Crippen molar-refractivity contribution in [2.75, 3.05) is 5.32 Å². The van der Waals surface area contributed by atoms with Crippen molar-refractivity contribution in [3.8, 4) is 6.07 Å². The van der Waals surface area contributed by atoms with Gasteiger partial charge in [0.2, 0.25) is 6.39 Å². The summed E-state index contributed by atoms with van der Waals surface area (Å²) < 4.78 is 5.47. The Bertz CT molecular complexity index is 518. The Kier molecular flexibility index (Phi) is 3.17. The normalized spacial score (nSPS) is 9.75. The van der Waals surface area contributed by atoms with Gasteiger partial charge in [-0.1, -0.05) is 21.1 Å². The van der Waals surface area contributed by atoms with Gasteiger partial charge in [-0.05, 0) is 18.2 Å². The molecule has 5 nitrogen and oxygen atoms in total. The molecule has 0 aliphatic carbocycles. The highest BCUT2D eigenvalue weighted by Crippen LogP contribution is 2.20. The average Bonchev–Trinajstić information content (AvgIpc) is 2.80. The molecule has 6 heteroatoms. The van der Waals surface area contributed by atoms with Crippen molar-refractivity contribution in [3.05, 3.63) is 40.5 Å². The third-order valence-corrected chi connectivity index (χ3v) is 2.44. The molecule has 0 spiro atoms. The summed E-state index contributed by atoms with van der Waals surface area (Å²) in [5.74, 6) is 0.548. The molecule has 0 saturated heterocycles. The molecule has 0 aliphatic rings. The second-order valence-corrected chi connectivity index (χ2v) is 3.92. The maximum Gasteiger partial charge on any atom is 0.213 e. The molecule has 16 heavy (non-hydrogen) atoms. The first-order chi connectivity index (χ1) is 7.79. The third kappa shape index (κ3) is 2.38. The fourth-order valence-corrected chi connectivity index (χ4v) is 1.57. The van der Waals surface area contributed by atoms with Crippen LogP contribution in [-0.4, -0.2) is 10.1 Å². The standard InChI is InChI=1S/C10H7BrN4O/c11-8-1-2-9(7(3-8)4-12)13-5-10-14-6-16-15-10/h1-3,6,13H,5H2. The Labute approximate surface area is 100 Å². The van der Waals surface area contributed by atoms with Crippen molar-refractivity contribution < 1.29 is 4.52 Å². The Hall–Kier alpha value is -1.87. The molecule has 0 saturated carbocycles. The van der Waals surface area contributed by atoms with Crippen LogP contribution in [0.1, 0.15) is 11.4 Å². The minimum Gasteiger partial charge on any atom is -0.377 e. The molecule has 0 bridgehead atoms. The minimum absolute atomic E-state index is 0.423. The van der Waals surface area contributed by atoms with E-state index in [0.717, 1.165) is 10.2 Å². The van der Waals surface area contributed by atoms with Crippen molar-refractivity contribution in [1.29, 1.82) is 5.26 Å². The molecule has 0 amide bonds. The van der Waals surface area contributed by atoms with Gasteiger partial charge in [0.25, 0.3) is 0 Å². The Morgan fingerprint density at radius 2 is 2.38 bits per heavy atom. The molecule has 0 unspecified atom stereocenters. The highest BCUT2D eigenvalue weighted by Gasteiger charge is 2.04. The second kappa shape index (κ2) is 4.77. The number of nitriles is 1. The monoisotopic (exact) mass is 278 g/mol. The van der Waals surface area contributed by atoms with Crippen LogP contribution in [0.15, 0.2) is 33.6 Å². The third-order valence-electron chi connectivity index (χ3n) is 1.95. The molecule has 1 aromatic carbocycles. The summed E-state index contributed by atoms with van der Waals surface area (Å²) in [5, 5.41) is 15.7. The first kappa shape index (κ1) is 10.6. The molecule has 0 fully saturated rings. The molecular formula is C10H7BrN4O. The largest absolute Gasteiger partial charge is 0.377 e. The number of halogens is 1. The molecular weight excluding hydrogens is 272 g/mol. The first-order valence-corrected chi connectivity index (χ1v) is 5.27. The van der Waals surface area contributed by atoms with E-state index in [1.807, 2.05) is 12.1 Å². The van der Waals surface area contributed by atoms with Gasteiger partial charge in [-0.25, -0.2) is 0 Å². The predicted molar refractivity (Wildman–Crippen MR) is 60.5 cm³/mol. The smallest absolute Gasteiger partial charge is 0.213 e. The number of benzene rings is 1. The molecule has 0 atom stereocenters. The lowest BCUT2D eigenvalue weighted by Crippen LogP contribution is -2.02. The van der Waals surface area contributed by atoms with Gasteiger partial charge < -0.3 is 9.84 Å². The van der Waals surface area contributed by atoms with E-state index in [9.17, 15) is 0 Å². The van der Waals surface area contributed by atoms with Crippen LogP contribution in [0.4, 0.5) is 5.69 Å². The molecule has 2 aromatic rings. The minimum atomic E-state index is 0.423. The van der Waals surface area contributed by atoms with Crippen LogP contribution in [0.25, 0.3) is 0 Å². The van der Waals surface area contributed by atoms with Crippen molar-refractivity contribution >= 4 is 21.6 Å². The zero-order valence-electron chi connectivity index (χ0n) is 8.14. The van der Waals surface area contributed by atoms with E-state index in [4.69, 9.17) is 5.26 Å². The Morgan fingerprint density at radius 3 is 3.06 bits per heavy atom. The van der Waals surface area contributed by atoms with Crippen LogP contribution in [-0.2, 0) is 6.54 Å². The summed E-state index contributed by atoms with van der Waals surface area (Å²) >= 11 is 3.31. The summed E-state index contributed by atoms with van der Waals surface area (Å²) in [4.78, 5) is 3.87. The van der Waals surface area contributed by atoms with Crippen molar-refractivity contribution in [2.45, 2.75) is 6.54 Å². The van der Waals surface area contributed by atoms with E-state index in [2.05, 4.69) is 42.0 Å². The van der Waals surface area contributed by atoms with E-state index in [1.54, 1.807) is 6.07 Å². The van der Waals surface area contributed by atoms with Gasteiger partial charge in [-0.3, -0.25) is 0 Å². The lowest BCUT2D eigenvalue weighted by Gasteiger charge is -2.05. The van der Waals surface area contributed by atoms with Crippen molar-refractivity contribution in [3.63, 3.8) is 0 Å². The van der Waals surface area contributed by atoms with Gasteiger partial charge in [-0.15, -0.1) is 0 Å². The van der Waals surface area contributed by atoms with E-state index >= 15 is 0 Å². The van der Waals surface area contributed by atoms with Crippen LogP contribution < -0.4 is 5.32 Å². The number of rotatable bonds is 3. The van der Waals surface area contributed by atoms with Crippen LogP contribution in [0.5, 0.6) is 0 Å². The topological polar surface area (TPSA) is 74.7 Å². The van der Waals surface area contributed by atoms with Crippen molar-refractivity contribution in [1.82, 2.24) is 10.1 Å². The zero-order chi connectivity index (χ0) is 11.4. The van der Waals surface area contributed by atoms with Gasteiger partial charge in [0.15, 0.2) is 5.82 Å². The zero-order valence-corrected chi connectivity index (χ0v) is 9.73. The Morgan fingerprint density at radius 1 is 1.50 bits per heavy atom. The van der Waals surface area contributed by atoms with Crippen LogP contribution >= 0.6 is 15.9 Å². The summed E-state index contributed by atoms with van der Waals surface area (Å²) in [6.07, 6.45) is 1.27. The molecule has 0 radical (unpaired) electrons. The molecule has 1 N–H and O–H groups in total. The molecule has 2 rings (SSSR count). The maximum atomic E-state index is 8.94. The van der Waals surface area contributed by atoms with Gasteiger partial charge in [0.1, 0.15) is 6.07 Å². The summed E-state index contributed by atoms with van der Waals surface area (Å²) in [6.45, 7) is 0.423. The molecule has 1 heterocycles. The summed E-state index contributed by atoms with van der Waals surface area (Å²) in [7, 11) is 0. The van der Waals surface area contributed by atoms with Gasteiger partial charge in [-0.2, -0.15) is 10.2 Å². The average molecular weight is 279 g/mol. The fraction of sp³-hybridized carbons (Fsp3) is 0.100. The van der Waals surface area contributed by atoms with Crippen molar-refractivity contribution in [2.24, 2.45) is 0 Å². The molecule has 0 aliphatic heterocycles. The SMILES string of the molecule is N#Cc1cc(Br)ccc1NCc1ncon1. The summed E-state index contributed by atoms with van der Waals surface area (Å²) in [5.41, 5.74) is 1.31. The Balaban J connectivity index is 2.13. The predicted octanol–water partition coefficient (Wildman–Crippen LogP) is 2.32. The van der Waals surface area contributed by atoms with E-state index in [0.29, 0.717) is 17.9 Å². The van der Waals surface area contributed by atoms with Gasteiger partial charge >= 0.3 is 0 Å². The first-order valence-electron chi connectivity index (χ1n) is 4.48. The maximum absolute atomic E-state index is 8.94. The van der Waals surface area contributed by atoms with E-state index in [1.165, 1.54) is 6.39 Å². The van der Waals surface area contributed by atoms with Crippen LogP contribution in [0.3, 0.4) is 0 Å². The number of hydrogen-bond acceptors (Lipinski definition) is 5. The molecule has 80 valence electrons. The number of anilines is 1. The van der Waals surface area contributed by atoms with E-state index in [-0.39, 0.29) is 0 Å². The molecule has 1 aromatic heterocycles. The van der Waals surface area contributed by atoms with E-state index < -0.39 is 0 Å². The number of hydrogen-bond donors (Lipinski definition) is 1. The summed E-state index contributed by atoms with van der Waals surface area (Å²) in [6, 6.07) is 7.54. The highest BCUT2D eigenvalue weighted by molar-refractivity contribution is 9.10.